The second-order valence-corrected chi connectivity index (χ2v) is 5.25. The van der Waals surface area contributed by atoms with Crippen LogP contribution in [0.3, 0.4) is 0 Å². The van der Waals surface area contributed by atoms with Crippen molar-refractivity contribution in [1.29, 1.82) is 0 Å². The summed E-state index contributed by atoms with van der Waals surface area (Å²) in [5.74, 6) is 0. The molecule has 0 bridgehead atoms. The maximum atomic E-state index is 8.80. The molecule has 2 atom stereocenters. The van der Waals surface area contributed by atoms with Gasteiger partial charge in [0.1, 0.15) is 0 Å². The molecule has 1 heterocycles. The molecular weight excluding hydrogens is 270 g/mol. The lowest BCUT2D eigenvalue weighted by molar-refractivity contribution is 0.241. The molecule has 16 heavy (non-hydrogen) atoms. The highest BCUT2D eigenvalue weighted by atomic mass is 79.9. The molecule has 0 saturated heterocycles. The van der Waals surface area contributed by atoms with Crippen molar-refractivity contribution in [2.24, 2.45) is 0 Å². The number of aromatic nitrogens is 2. The number of hydrogen-bond donors (Lipinski definition) is 2. The second kappa shape index (κ2) is 5.80. The van der Waals surface area contributed by atoms with Gasteiger partial charge in [0.2, 0.25) is 0 Å². The molecule has 0 amide bonds. The summed E-state index contributed by atoms with van der Waals surface area (Å²) in [6.45, 7) is 0.911. The second-order valence-electron chi connectivity index (χ2n) is 4.33. The van der Waals surface area contributed by atoms with E-state index in [0.29, 0.717) is 18.6 Å². The van der Waals surface area contributed by atoms with E-state index in [2.05, 4.69) is 31.0 Å². The minimum Gasteiger partial charge on any atom is -0.395 e. The molecule has 1 aromatic heterocycles. The molecule has 0 radical (unpaired) electrons. The highest BCUT2D eigenvalue weighted by Crippen LogP contribution is 2.28. The fraction of sp³-hybridized carbons (Fsp3) is 0.727. The third-order valence-electron chi connectivity index (χ3n) is 3.14. The van der Waals surface area contributed by atoms with E-state index >= 15 is 0 Å². The molecule has 5 heteroatoms. The van der Waals surface area contributed by atoms with Crippen LogP contribution in [0.25, 0.3) is 0 Å². The first-order valence-corrected chi connectivity index (χ1v) is 6.63. The Hall–Kier alpha value is -0.390. The van der Waals surface area contributed by atoms with E-state index in [1.165, 1.54) is 19.3 Å². The van der Waals surface area contributed by atoms with Crippen molar-refractivity contribution in [3.05, 3.63) is 16.9 Å². The van der Waals surface area contributed by atoms with Crippen LogP contribution in [0.1, 0.15) is 31.7 Å². The zero-order valence-electron chi connectivity index (χ0n) is 9.27. The normalized spacial score (nSPS) is 25.9. The molecule has 1 unspecified atom stereocenters. The van der Waals surface area contributed by atoms with Gasteiger partial charge in [-0.25, -0.2) is 0 Å². The van der Waals surface area contributed by atoms with Gasteiger partial charge in [-0.2, -0.15) is 5.10 Å². The average molecular weight is 288 g/mol. The van der Waals surface area contributed by atoms with Gasteiger partial charge in [-0.3, -0.25) is 4.68 Å². The number of aliphatic hydroxyl groups is 1. The molecule has 0 spiro atoms. The summed E-state index contributed by atoms with van der Waals surface area (Å²) in [4.78, 5) is 0. The van der Waals surface area contributed by atoms with Crippen molar-refractivity contribution in [1.82, 2.24) is 15.1 Å². The summed E-state index contributed by atoms with van der Waals surface area (Å²) in [5, 5.41) is 16.5. The third-order valence-corrected chi connectivity index (χ3v) is 3.54. The summed E-state index contributed by atoms with van der Waals surface area (Å²) < 4.78 is 3.09. The maximum absolute atomic E-state index is 8.80. The van der Waals surface area contributed by atoms with E-state index in [1.54, 1.807) is 0 Å². The number of halogens is 1. The third kappa shape index (κ3) is 3.06. The van der Waals surface area contributed by atoms with E-state index in [4.69, 9.17) is 5.11 Å². The van der Waals surface area contributed by atoms with Crippen LogP contribution in [-0.2, 0) is 0 Å². The van der Waals surface area contributed by atoms with Crippen LogP contribution >= 0.6 is 15.9 Å². The highest BCUT2D eigenvalue weighted by molar-refractivity contribution is 9.10. The van der Waals surface area contributed by atoms with E-state index in [-0.39, 0.29) is 6.61 Å². The minimum absolute atomic E-state index is 0.217. The fourth-order valence-electron chi connectivity index (χ4n) is 2.37. The lowest BCUT2D eigenvalue weighted by Crippen LogP contribution is -2.36. The van der Waals surface area contributed by atoms with Crippen molar-refractivity contribution in [2.45, 2.75) is 37.8 Å². The summed E-state index contributed by atoms with van der Waals surface area (Å²) >= 11 is 3.42. The molecule has 1 saturated carbocycles. The lowest BCUT2D eigenvalue weighted by Gasteiger charge is -2.29. The largest absolute Gasteiger partial charge is 0.395 e. The Morgan fingerprint density at radius 3 is 3.12 bits per heavy atom. The molecule has 1 aliphatic rings. The van der Waals surface area contributed by atoms with Gasteiger partial charge in [0.25, 0.3) is 0 Å². The van der Waals surface area contributed by atoms with Crippen LogP contribution in [0.2, 0.25) is 0 Å². The molecular formula is C11H18BrN3O. The van der Waals surface area contributed by atoms with E-state index in [1.807, 2.05) is 12.4 Å². The van der Waals surface area contributed by atoms with Crippen LogP contribution in [0.5, 0.6) is 0 Å². The highest BCUT2D eigenvalue weighted by Gasteiger charge is 2.23. The predicted molar refractivity (Wildman–Crippen MR) is 66.3 cm³/mol. The van der Waals surface area contributed by atoms with Gasteiger partial charge < -0.3 is 10.4 Å². The van der Waals surface area contributed by atoms with E-state index in [0.717, 1.165) is 10.9 Å². The Kier molecular flexibility index (Phi) is 4.37. The molecule has 1 fully saturated rings. The smallest absolute Gasteiger partial charge is 0.0632 e. The van der Waals surface area contributed by atoms with Crippen LogP contribution in [0, 0.1) is 0 Å². The summed E-state index contributed by atoms with van der Waals surface area (Å²) in [7, 11) is 0. The first-order chi connectivity index (χ1) is 7.79. The summed E-state index contributed by atoms with van der Waals surface area (Å²) in [5.41, 5.74) is 0. The zero-order valence-corrected chi connectivity index (χ0v) is 10.9. The number of hydrogen-bond acceptors (Lipinski definition) is 3. The van der Waals surface area contributed by atoms with Crippen molar-refractivity contribution < 1.29 is 5.11 Å². The molecule has 2 rings (SSSR count). The first kappa shape index (κ1) is 12.1. The van der Waals surface area contributed by atoms with E-state index in [9.17, 15) is 0 Å². The standard InChI is InChI=1S/C11H18BrN3O/c12-9-7-14-15(8-9)11-3-1-2-10(6-11)13-4-5-16/h7-8,10-11,13,16H,1-6H2/t10?,11-/m0/s1. The van der Waals surface area contributed by atoms with Gasteiger partial charge in [-0.1, -0.05) is 0 Å². The van der Waals surface area contributed by atoms with Gasteiger partial charge in [-0.15, -0.1) is 0 Å². The molecule has 1 aliphatic carbocycles. The van der Waals surface area contributed by atoms with Gasteiger partial charge in [0.05, 0.1) is 23.3 Å². The molecule has 4 nitrogen and oxygen atoms in total. The Morgan fingerprint density at radius 2 is 2.44 bits per heavy atom. The van der Waals surface area contributed by atoms with Gasteiger partial charge in [0, 0.05) is 18.8 Å². The Labute approximate surface area is 104 Å². The summed E-state index contributed by atoms with van der Waals surface area (Å²) in [6.07, 6.45) is 8.62. The number of aliphatic hydroxyl groups excluding tert-OH is 1. The average Bonchev–Trinajstić information content (AvgIpc) is 2.74. The zero-order chi connectivity index (χ0) is 11.4. The van der Waals surface area contributed by atoms with Crippen LogP contribution in [-0.4, -0.2) is 34.1 Å². The first-order valence-electron chi connectivity index (χ1n) is 5.83. The Bertz CT molecular complexity index is 329. The van der Waals surface area contributed by atoms with Crippen LogP contribution < -0.4 is 5.32 Å². The van der Waals surface area contributed by atoms with Gasteiger partial charge in [0.15, 0.2) is 0 Å². The van der Waals surface area contributed by atoms with E-state index < -0.39 is 0 Å². The van der Waals surface area contributed by atoms with Crippen LogP contribution in [0.15, 0.2) is 16.9 Å². The Balaban J connectivity index is 1.91. The van der Waals surface area contributed by atoms with Gasteiger partial charge >= 0.3 is 0 Å². The van der Waals surface area contributed by atoms with Crippen molar-refractivity contribution in [2.75, 3.05) is 13.2 Å². The number of nitrogens with one attached hydrogen (secondary N) is 1. The van der Waals surface area contributed by atoms with Crippen molar-refractivity contribution in [3.63, 3.8) is 0 Å². The molecule has 0 aliphatic heterocycles. The molecule has 1 aromatic rings. The van der Waals surface area contributed by atoms with Gasteiger partial charge in [-0.05, 0) is 41.6 Å². The van der Waals surface area contributed by atoms with Crippen molar-refractivity contribution in [3.8, 4) is 0 Å². The Morgan fingerprint density at radius 1 is 1.56 bits per heavy atom. The molecule has 0 aromatic carbocycles. The molecule has 90 valence electrons. The number of rotatable bonds is 4. The molecule has 2 N–H and O–H groups in total. The predicted octanol–water partition coefficient (Wildman–Crippen LogP) is 1.71. The minimum atomic E-state index is 0.217. The van der Waals surface area contributed by atoms with Crippen LogP contribution in [0.4, 0.5) is 0 Å². The maximum Gasteiger partial charge on any atom is 0.0632 e. The SMILES string of the molecule is OCCNC1CCC[C@H](n2cc(Br)cn2)C1. The topological polar surface area (TPSA) is 50.1 Å². The number of nitrogens with zero attached hydrogens (tertiary/aromatic N) is 2. The lowest BCUT2D eigenvalue weighted by atomic mass is 9.91. The fourth-order valence-corrected chi connectivity index (χ4v) is 2.67. The summed E-state index contributed by atoms with van der Waals surface area (Å²) in [6, 6.07) is 1.02. The quantitative estimate of drug-likeness (QED) is 0.887. The monoisotopic (exact) mass is 287 g/mol. The van der Waals surface area contributed by atoms with Crippen molar-refractivity contribution >= 4 is 15.9 Å².